The number of nitrogen functional groups attached to an aromatic ring is 1. The van der Waals surface area contributed by atoms with Gasteiger partial charge in [0, 0.05) is 16.6 Å². The zero-order valence-electron chi connectivity index (χ0n) is 13.5. The fourth-order valence-electron chi connectivity index (χ4n) is 2.56. The molecule has 0 unspecified atom stereocenters. The lowest BCUT2D eigenvalue weighted by molar-refractivity contribution is 0.103. The number of hydrogen-bond donors (Lipinski definition) is 2. The van der Waals surface area contributed by atoms with Gasteiger partial charge in [-0.2, -0.15) is 5.10 Å². The van der Waals surface area contributed by atoms with Crippen molar-refractivity contribution in [1.29, 1.82) is 0 Å². The number of ether oxygens (including phenoxy) is 3. The first-order chi connectivity index (χ1) is 11.6. The molecule has 0 aliphatic carbocycles. The van der Waals surface area contributed by atoms with E-state index in [-0.39, 0.29) is 5.78 Å². The third-order valence-electron chi connectivity index (χ3n) is 3.73. The predicted molar refractivity (Wildman–Crippen MR) is 90.0 cm³/mol. The van der Waals surface area contributed by atoms with E-state index in [2.05, 4.69) is 10.2 Å². The Labute approximate surface area is 138 Å². The highest BCUT2D eigenvalue weighted by molar-refractivity contribution is 6.15. The second kappa shape index (κ2) is 6.11. The molecule has 2 aromatic carbocycles. The summed E-state index contributed by atoms with van der Waals surface area (Å²) in [6.45, 7) is 0. The van der Waals surface area contributed by atoms with E-state index in [0.29, 0.717) is 45.1 Å². The van der Waals surface area contributed by atoms with Gasteiger partial charge in [-0.3, -0.25) is 9.89 Å². The minimum absolute atomic E-state index is 0.259. The van der Waals surface area contributed by atoms with Crippen LogP contribution in [0.25, 0.3) is 10.9 Å². The Kier molecular flexibility index (Phi) is 3.99. The number of aromatic nitrogens is 2. The summed E-state index contributed by atoms with van der Waals surface area (Å²) in [7, 11) is 4.50. The van der Waals surface area contributed by atoms with Gasteiger partial charge in [-0.05, 0) is 30.3 Å². The number of ketones is 1. The van der Waals surface area contributed by atoms with Crippen LogP contribution in [-0.4, -0.2) is 37.3 Å². The van der Waals surface area contributed by atoms with E-state index in [1.54, 1.807) is 30.3 Å². The SMILES string of the molecule is COc1cc(C(=O)c2n[nH]c3cc(N)ccc23)cc(OC)c1OC. The second-order valence-electron chi connectivity index (χ2n) is 5.12. The molecule has 1 heterocycles. The summed E-state index contributed by atoms with van der Waals surface area (Å²) in [6.07, 6.45) is 0. The van der Waals surface area contributed by atoms with Crippen molar-refractivity contribution in [2.75, 3.05) is 27.1 Å². The molecule has 0 saturated heterocycles. The quantitative estimate of drug-likeness (QED) is 0.551. The Bertz CT molecular complexity index is 892. The number of carbonyl (C=O) groups is 1. The molecule has 0 saturated carbocycles. The lowest BCUT2D eigenvalue weighted by Crippen LogP contribution is -2.05. The van der Waals surface area contributed by atoms with E-state index in [9.17, 15) is 4.79 Å². The number of rotatable bonds is 5. The highest BCUT2D eigenvalue weighted by atomic mass is 16.5. The van der Waals surface area contributed by atoms with Crippen LogP contribution < -0.4 is 19.9 Å². The van der Waals surface area contributed by atoms with Crippen molar-refractivity contribution >= 4 is 22.4 Å². The van der Waals surface area contributed by atoms with Crippen molar-refractivity contribution in [1.82, 2.24) is 10.2 Å². The molecule has 1 aromatic heterocycles. The van der Waals surface area contributed by atoms with Gasteiger partial charge in [0.15, 0.2) is 11.5 Å². The third kappa shape index (κ3) is 2.50. The van der Waals surface area contributed by atoms with Gasteiger partial charge in [-0.25, -0.2) is 0 Å². The fourth-order valence-corrected chi connectivity index (χ4v) is 2.56. The summed E-state index contributed by atoms with van der Waals surface area (Å²) in [5, 5.41) is 7.64. The Morgan fingerprint density at radius 2 is 1.71 bits per heavy atom. The van der Waals surface area contributed by atoms with Crippen molar-refractivity contribution < 1.29 is 19.0 Å². The van der Waals surface area contributed by atoms with Gasteiger partial charge < -0.3 is 19.9 Å². The molecule has 124 valence electrons. The molecule has 7 heteroatoms. The number of nitrogens with one attached hydrogen (secondary N) is 1. The average Bonchev–Trinajstić information content (AvgIpc) is 3.02. The molecule has 0 radical (unpaired) electrons. The van der Waals surface area contributed by atoms with Crippen molar-refractivity contribution in [2.45, 2.75) is 0 Å². The largest absolute Gasteiger partial charge is 0.493 e. The summed E-state index contributed by atoms with van der Waals surface area (Å²) >= 11 is 0. The maximum absolute atomic E-state index is 12.9. The van der Waals surface area contributed by atoms with Crippen LogP contribution in [0.3, 0.4) is 0 Å². The average molecular weight is 327 g/mol. The van der Waals surface area contributed by atoms with Crippen molar-refractivity contribution in [3.05, 3.63) is 41.6 Å². The first-order valence-corrected chi connectivity index (χ1v) is 7.17. The topological polar surface area (TPSA) is 99.5 Å². The molecular weight excluding hydrogens is 310 g/mol. The minimum Gasteiger partial charge on any atom is -0.493 e. The van der Waals surface area contributed by atoms with Crippen LogP contribution in [0.2, 0.25) is 0 Å². The van der Waals surface area contributed by atoms with Gasteiger partial charge >= 0.3 is 0 Å². The van der Waals surface area contributed by atoms with Crippen LogP contribution in [-0.2, 0) is 0 Å². The monoisotopic (exact) mass is 327 g/mol. The first kappa shape index (κ1) is 15.7. The van der Waals surface area contributed by atoms with E-state index >= 15 is 0 Å². The number of methoxy groups -OCH3 is 3. The Hall–Kier alpha value is -3.22. The van der Waals surface area contributed by atoms with Gasteiger partial charge in [0.05, 0.1) is 26.8 Å². The first-order valence-electron chi connectivity index (χ1n) is 7.17. The third-order valence-corrected chi connectivity index (χ3v) is 3.73. The molecule has 0 bridgehead atoms. The van der Waals surface area contributed by atoms with E-state index < -0.39 is 0 Å². The summed E-state index contributed by atoms with van der Waals surface area (Å²) in [5.41, 5.74) is 7.73. The summed E-state index contributed by atoms with van der Waals surface area (Å²) in [5.74, 6) is 0.982. The fraction of sp³-hybridized carbons (Fsp3) is 0.176. The molecule has 0 amide bonds. The predicted octanol–water partition coefficient (Wildman–Crippen LogP) is 2.40. The molecule has 3 aromatic rings. The van der Waals surface area contributed by atoms with Crippen molar-refractivity contribution in [2.24, 2.45) is 0 Å². The lowest BCUT2D eigenvalue weighted by Gasteiger charge is -2.13. The molecule has 3 rings (SSSR count). The van der Waals surface area contributed by atoms with Crippen molar-refractivity contribution in [3.63, 3.8) is 0 Å². The van der Waals surface area contributed by atoms with E-state index in [0.717, 1.165) is 0 Å². The lowest BCUT2D eigenvalue weighted by atomic mass is 10.0. The zero-order valence-corrected chi connectivity index (χ0v) is 13.5. The highest BCUT2D eigenvalue weighted by Crippen LogP contribution is 2.38. The number of benzene rings is 2. The van der Waals surface area contributed by atoms with Gasteiger partial charge in [0.25, 0.3) is 0 Å². The number of H-pyrrole nitrogens is 1. The van der Waals surface area contributed by atoms with Crippen LogP contribution in [0.4, 0.5) is 5.69 Å². The molecule has 0 fully saturated rings. The van der Waals surface area contributed by atoms with Crippen LogP contribution in [0.5, 0.6) is 17.2 Å². The Morgan fingerprint density at radius 1 is 1.04 bits per heavy atom. The molecule has 3 N–H and O–H groups in total. The van der Waals surface area contributed by atoms with Gasteiger partial charge in [-0.15, -0.1) is 0 Å². The number of nitrogens with two attached hydrogens (primary N) is 1. The summed E-state index contributed by atoms with van der Waals surface area (Å²) < 4.78 is 15.8. The maximum atomic E-state index is 12.9. The van der Waals surface area contributed by atoms with Crippen LogP contribution in [0, 0.1) is 0 Å². The Morgan fingerprint density at radius 3 is 2.29 bits per heavy atom. The Balaban J connectivity index is 2.12. The standard InChI is InChI=1S/C17H17N3O4/c1-22-13-6-9(7-14(23-2)17(13)24-3)16(21)15-11-5-4-10(18)8-12(11)19-20-15/h4-8H,18H2,1-3H3,(H,19,20). The minimum atomic E-state index is -0.259. The number of nitrogens with zero attached hydrogens (tertiary/aromatic N) is 1. The molecule has 7 nitrogen and oxygen atoms in total. The van der Waals surface area contributed by atoms with Crippen LogP contribution >= 0.6 is 0 Å². The van der Waals surface area contributed by atoms with Gasteiger partial charge in [0.2, 0.25) is 11.5 Å². The normalized spacial score (nSPS) is 10.6. The van der Waals surface area contributed by atoms with Crippen LogP contribution in [0.15, 0.2) is 30.3 Å². The van der Waals surface area contributed by atoms with Gasteiger partial charge in [-0.1, -0.05) is 0 Å². The molecule has 0 atom stereocenters. The highest BCUT2D eigenvalue weighted by Gasteiger charge is 2.21. The van der Waals surface area contributed by atoms with E-state index in [1.807, 2.05) is 0 Å². The number of aromatic amines is 1. The second-order valence-corrected chi connectivity index (χ2v) is 5.12. The smallest absolute Gasteiger partial charge is 0.214 e. The molecule has 24 heavy (non-hydrogen) atoms. The number of hydrogen-bond acceptors (Lipinski definition) is 6. The van der Waals surface area contributed by atoms with E-state index in [4.69, 9.17) is 19.9 Å². The zero-order chi connectivity index (χ0) is 17.3. The number of fused-ring (bicyclic) bond motifs is 1. The van der Waals surface area contributed by atoms with Gasteiger partial charge in [0.1, 0.15) is 5.69 Å². The summed E-state index contributed by atoms with van der Waals surface area (Å²) in [4.78, 5) is 12.9. The molecule has 0 spiro atoms. The molecule has 0 aliphatic heterocycles. The molecular formula is C17H17N3O4. The summed E-state index contributed by atoms with van der Waals surface area (Å²) in [6, 6.07) is 8.42. The van der Waals surface area contributed by atoms with Crippen molar-refractivity contribution in [3.8, 4) is 17.2 Å². The number of anilines is 1. The van der Waals surface area contributed by atoms with E-state index in [1.165, 1.54) is 21.3 Å². The molecule has 0 aliphatic rings. The number of carbonyl (C=O) groups excluding carboxylic acids is 1. The maximum Gasteiger partial charge on any atom is 0.214 e. The van der Waals surface area contributed by atoms with Crippen LogP contribution in [0.1, 0.15) is 16.1 Å².